The van der Waals surface area contributed by atoms with Gasteiger partial charge in [0.15, 0.2) is 0 Å². The van der Waals surface area contributed by atoms with E-state index in [4.69, 9.17) is 15.6 Å². The molecule has 0 spiro atoms. The number of nitrogens with two attached hydrogens (primary N) is 1. The van der Waals surface area contributed by atoms with Gasteiger partial charge in [0, 0.05) is 38.5 Å². The van der Waals surface area contributed by atoms with Gasteiger partial charge in [-0.2, -0.15) is 4.98 Å². The molecule has 1 aliphatic heterocycles. The Kier molecular flexibility index (Phi) is 5.70. The highest BCUT2D eigenvalue weighted by Crippen LogP contribution is 2.16. The molecular weight excluding hydrogens is 274 g/mol. The molecule has 1 amide bonds. The Bertz CT molecular complexity index is 471. The van der Waals surface area contributed by atoms with Crippen LogP contribution in [0.1, 0.15) is 12.8 Å². The van der Waals surface area contributed by atoms with Gasteiger partial charge in [-0.15, -0.1) is 0 Å². The highest BCUT2D eigenvalue weighted by molar-refractivity contribution is 5.75. The Morgan fingerprint density at radius 1 is 1.62 bits per heavy atom. The van der Waals surface area contributed by atoms with Gasteiger partial charge in [0.25, 0.3) is 0 Å². The summed E-state index contributed by atoms with van der Waals surface area (Å²) in [5, 5.41) is 11.7. The number of amides is 1. The fourth-order valence-electron chi connectivity index (χ4n) is 2.20. The highest BCUT2D eigenvalue weighted by Gasteiger charge is 2.25. The third-order valence-electron chi connectivity index (χ3n) is 3.14. The van der Waals surface area contributed by atoms with Crippen LogP contribution in [0.25, 0.3) is 0 Å². The summed E-state index contributed by atoms with van der Waals surface area (Å²) >= 11 is 0. The molecule has 4 N–H and O–H groups in total. The first kappa shape index (κ1) is 15.5. The summed E-state index contributed by atoms with van der Waals surface area (Å²) in [6.45, 7) is 2.45. The van der Waals surface area contributed by atoms with Gasteiger partial charge in [0.1, 0.15) is 6.10 Å². The Morgan fingerprint density at radius 3 is 3.24 bits per heavy atom. The van der Waals surface area contributed by atoms with E-state index in [0.717, 1.165) is 13.0 Å². The van der Waals surface area contributed by atoms with Crippen molar-refractivity contribution in [3.05, 3.63) is 12.3 Å². The standard InChI is InChI=1S/C13H21N5O3/c14-11(20)9-18-6-3-10(8-18)21-12-2-5-16-13(17-12)15-4-1-7-19/h2,5,10,19H,1,3-4,6-9H2,(H2,14,20)(H,15,16,17). The summed E-state index contributed by atoms with van der Waals surface area (Å²) in [5.41, 5.74) is 5.18. The maximum absolute atomic E-state index is 10.9. The zero-order valence-electron chi connectivity index (χ0n) is 11.9. The lowest BCUT2D eigenvalue weighted by Gasteiger charge is -2.15. The average molecular weight is 295 g/mol. The normalized spacial score (nSPS) is 18.6. The van der Waals surface area contributed by atoms with E-state index in [2.05, 4.69) is 15.3 Å². The minimum atomic E-state index is -0.326. The molecule has 0 aromatic carbocycles. The molecule has 0 radical (unpaired) electrons. The molecule has 2 heterocycles. The molecule has 1 unspecified atom stereocenters. The van der Waals surface area contributed by atoms with E-state index >= 15 is 0 Å². The van der Waals surface area contributed by atoms with Crippen molar-refractivity contribution in [3.8, 4) is 5.88 Å². The predicted molar refractivity (Wildman–Crippen MR) is 76.9 cm³/mol. The fraction of sp³-hybridized carbons (Fsp3) is 0.615. The van der Waals surface area contributed by atoms with E-state index < -0.39 is 0 Å². The van der Waals surface area contributed by atoms with Crippen molar-refractivity contribution in [1.82, 2.24) is 14.9 Å². The molecule has 0 saturated carbocycles. The van der Waals surface area contributed by atoms with Crippen molar-refractivity contribution in [2.45, 2.75) is 18.9 Å². The van der Waals surface area contributed by atoms with Crippen molar-refractivity contribution in [2.24, 2.45) is 5.73 Å². The number of likely N-dealkylation sites (tertiary alicyclic amines) is 1. The van der Waals surface area contributed by atoms with Crippen LogP contribution in [0.5, 0.6) is 5.88 Å². The summed E-state index contributed by atoms with van der Waals surface area (Å²) in [6.07, 6.45) is 3.10. The second kappa shape index (κ2) is 7.75. The largest absolute Gasteiger partial charge is 0.473 e. The van der Waals surface area contributed by atoms with Crippen molar-refractivity contribution in [1.29, 1.82) is 0 Å². The molecule has 1 fully saturated rings. The molecular formula is C13H21N5O3. The van der Waals surface area contributed by atoms with Crippen molar-refractivity contribution in [3.63, 3.8) is 0 Å². The van der Waals surface area contributed by atoms with Crippen LogP contribution in [0.3, 0.4) is 0 Å². The smallest absolute Gasteiger partial charge is 0.231 e. The van der Waals surface area contributed by atoms with Crippen LogP contribution in [-0.4, -0.2) is 64.8 Å². The molecule has 1 aromatic rings. The van der Waals surface area contributed by atoms with Crippen LogP contribution >= 0.6 is 0 Å². The monoisotopic (exact) mass is 295 g/mol. The van der Waals surface area contributed by atoms with Crippen LogP contribution in [0, 0.1) is 0 Å². The van der Waals surface area contributed by atoms with Gasteiger partial charge in [0.05, 0.1) is 6.54 Å². The molecule has 0 bridgehead atoms. The molecule has 116 valence electrons. The van der Waals surface area contributed by atoms with Gasteiger partial charge < -0.3 is 20.9 Å². The first-order valence-corrected chi connectivity index (χ1v) is 7.02. The number of hydrogen-bond donors (Lipinski definition) is 3. The number of nitrogens with one attached hydrogen (secondary N) is 1. The fourth-order valence-corrected chi connectivity index (χ4v) is 2.20. The number of carbonyl (C=O) groups excluding carboxylic acids is 1. The SMILES string of the molecule is NC(=O)CN1CCC(Oc2ccnc(NCCCO)n2)C1. The first-order valence-electron chi connectivity index (χ1n) is 7.02. The summed E-state index contributed by atoms with van der Waals surface area (Å²) in [4.78, 5) is 21.2. The van der Waals surface area contributed by atoms with Crippen LogP contribution < -0.4 is 15.8 Å². The average Bonchev–Trinajstić information content (AvgIpc) is 2.86. The molecule has 0 aliphatic carbocycles. The molecule has 8 heteroatoms. The van der Waals surface area contributed by atoms with Gasteiger partial charge in [-0.05, 0) is 12.8 Å². The number of hydrogen-bond acceptors (Lipinski definition) is 7. The molecule has 1 saturated heterocycles. The zero-order valence-corrected chi connectivity index (χ0v) is 11.9. The Balaban J connectivity index is 1.83. The van der Waals surface area contributed by atoms with E-state index in [1.807, 2.05) is 4.90 Å². The summed E-state index contributed by atoms with van der Waals surface area (Å²) in [5.74, 6) is 0.656. The Labute approximate surface area is 123 Å². The topological polar surface area (TPSA) is 114 Å². The van der Waals surface area contributed by atoms with Crippen molar-refractivity contribution >= 4 is 11.9 Å². The summed E-state index contributed by atoms with van der Waals surface area (Å²) < 4.78 is 5.80. The maximum Gasteiger partial charge on any atom is 0.231 e. The number of nitrogens with zero attached hydrogens (tertiary/aromatic N) is 3. The first-order chi connectivity index (χ1) is 10.2. The number of aromatic nitrogens is 2. The Morgan fingerprint density at radius 2 is 2.48 bits per heavy atom. The van der Waals surface area contributed by atoms with E-state index in [1.54, 1.807) is 12.3 Å². The van der Waals surface area contributed by atoms with Gasteiger partial charge in [0.2, 0.25) is 17.7 Å². The third-order valence-corrected chi connectivity index (χ3v) is 3.14. The minimum absolute atomic E-state index is 0.00421. The van der Waals surface area contributed by atoms with Crippen LogP contribution in [0.15, 0.2) is 12.3 Å². The van der Waals surface area contributed by atoms with E-state index in [-0.39, 0.29) is 25.2 Å². The van der Waals surface area contributed by atoms with Gasteiger partial charge >= 0.3 is 0 Å². The molecule has 1 aromatic heterocycles. The van der Waals surface area contributed by atoms with Crippen LogP contribution in [0.4, 0.5) is 5.95 Å². The zero-order chi connectivity index (χ0) is 15.1. The molecule has 1 aliphatic rings. The lowest BCUT2D eigenvalue weighted by molar-refractivity contribution is -0.118. The van der Waals surface area contributed by atoms with Gasteiger partial charge in [-0.3, -0.25) is 9.69 Å². The molecule has 1 atom stereocenters. The number of carbonyl (C=O) groups is 1. The second-order valence-electron chi connectivity index (χ2n) is 4.95. The molecule has 2 rings (SSSR count). The number of rotatable bonds is 8. The quantitative estimate of drug-likeness (QED) is 0.538. The van der Waals surface area contributed by atoms with E-state index in [1.165, 1.54) is 0 Å². The van der Waals surface area contributed by atoms with Crippen LogP contribution in [-0.2, 0) is 4.79 Å². The van der Waals surface area contributed by atoms with E-state index in [9.17, 15) is 4.79 Å². The number of ether oxygens (including phenoxy) is 1. The maximum atomic E-state index is 10.9. The highest BCUT2D eigenvalue weighted by atomic mass is 16.5. The number of anilines is 1. The Hall–Kier alpha value is -1.93. The number of aliphatic hydroxyl groups is 1. The van der Waals surface area contributed by atoms with Gasteiger partial charge in [-0.1, -0.05) is 0 Å². The molecule has 21 heavy (non-hydrogen) atoms. The summed E-state index contributed by atoms with van der Waals surface area (Å²) in [6, 6.07) is 1.70. The van der Waals surface area contributed by atoms with Crippen molar-refractivity contribution in [2.75, 3.05) is 38.1 Å². The van der Waals surface area contributed by atoms with Crippen molar-refractivity contribution < 1.29 is 14.6 Å². The third kappa shape index (κ3) is 5.16. The second-order valence-corrected chi connectivity index (χ2v) is 4.95. The number of aliphatic hydroxyl groups excluding tert-OH is 1. The molecule has 8 nitrogen and oxygen atoms in total. The van der Waals surface area contributed by atoms with E-state index in [0.29, 0.717) is 31.3 Å². The minimum Gasteiger partial charge on any atom is -0.473 e. The number of primary amides is 1. The summed E-state index contributed by atoms with van der Waals surface area (Å²) in [7, 11) is 0. The van der Waals surface area contributed by atoms with Crippen LogP contribution in [0.2, 0.25) is 0 Å². The predicted octanol–water partition coefficient (Wildman–Crippen LogP) is -0.791. The lowest BCUT2D eigenvalue weighted by Crippen LogP contribution is -2.33. The van der Waals surface area contributed by atoms with Gasteiger partial charge in [-0.25, -0.2) is 4.98 Å². The lowest BCUT2D eigenvalue weighted by atomic mass is 10.3.